The molecule has 0 saturated carbocycles. The Labute approximate surface area is 174 Å². The van der Waals surface area contributed by atoms with Crippen molar-refractivity contribution in [2.45, 2.75) is 18.4 Å². The fraction of sp³-hybridized carbons (Fsp3) is 0.211. The van der Waals surface area contributed by atoms with E-state index < -0.39 is 11.7 Å². The molecule has 1 aromatic carbocycles. The van der Waals surface area contributed by atoms with Crippen molar-refractivity contribution in [1.82, 2.24) is 14.8 Å². The van der Waals surface area contributed by atoms with Crippen molar-refractivity contribution in [2.75, 3.05) is 12.4 Å². The summed E-state index contributed by atoms with van der Waals surface area (Å²) in [5, 5.41) is 18.6. The summed E-state index contributed by atoms with van der Waals surface area (Å²) in [6.07, 6.45) is 5.74. The molecule has 1 amide bonds. The Morgan fingerprint density at radius 2 is 2.21 bits per heavy atom. The van der Waals surface area contributed by atoms with Crippen LogP contribution in [0.2, 0.25) is 5.02 Å². The van der Waals surface area contributed by atoms with Crippen molar-refractivity contribution < 1.29 is 14.6 Å². The monoisotopic (exact) mass is 462 g/mol. The van der Waals surface area contributed by atoms with E-state index in [9.17, 15) is 9.90 Å². The number of hydrogen-bond acceptors (Lipinski definition) is 5. The zero-order valence-corrected chi connectivity index (χ0v) is 17.2. The molecule has 0 aliphatic heterocycles. The summed E-state index contributed by atoms with van der Waals surface area (Å²) in [6.45, 7) is 0. The van der Waals surface area contributed by atoms with Crippen molar-refractivity contribution in [3.63, 3.8) is 0 Å². The van der Waals surface area contributed by atoms with Crippen LogP contribution in [0.1, 0.15) is 23.2 Å². The van der Waals surface area contributed by atoms with Gasteiger partial charge in [-0.15, -0.1) is 0 Å². The Hall–Kier alpha value is -2.42. The Morgan fingerprint density at radius 3 is 2.96 bits per heavy atom. The van der Waals surface area contributed by atoms with Gasteiger partial charge in [-0.3, -0.25) is 10.3 Å². The number of aromatic nitrogens is 3. The van der Waals surface area contributed by atoms with Crippen LogP contribution in [0.15, 0.2) is 47.3 Å². The summed E-state index contributed by atoms with van der Waals surface area (Å²) in [4.78, 5) is 15.7. The molecule has 4 rings (SSSR count). The summed E-state index contributed by atoms with van der Waals surface area (Å²) < 4.78 is 7.05. The second-order valence-electron chi connectivity index (χ2n) is 6.48. The summed E-state index contributed by atoms with van der Waals surface area (Å²) >= 11 is 9.78. The van der Waals surface area contributed by atoms with Crippen LogP contribution in [-0.4, -0.2) is 33.1 Å². The van der Waals surface area contributed by atoms with E-state index in [-0.39, 0.29) is 0 Å². The van der Waals surface area contributed by atoms with Crippen molar-refractivity contribution in [3.05, 3.63) is 69.2 Å². The average molecular weight is 464 g/mol. The molecule has 3 aromatic rings. The number of carbonyl (C=O) groups excluding carboxylic acids is 1. The van der Waals surface area contributed by atoms with Crippen LogP contribution in [0.25, 0.3) is 5.69 Å². The molecule has 1 atom stereocenters. The highest BCUT2D eigenvalue weighted by Gasteiger charge is 2.41. The lowest BCUT2D eigenvalue weighted by atomic mass is 9.94. The number of ether oxygens (including phenoxy) is 1. The maximum atomic E-state index is 11.3. The second-order valence-corrected chi connectivity index (χ2v) is 7.80. The number of methoxy groups -OCH3 is 1. The van der Waals surface area contributed by atoms with E-state index in [0.717, 1.165) is 16.5 Å². The van der Waals surface area contributed by atoms with Gasteiger partial charge >= 0.3 is 6.09 Å². The molecule has 1 unspecified atom stereocenters. The first-order chi connectivity index (χ1) is 13.4. The number of aryl methyl sites for hydroxylation is 1. The predicted molar refractivity (Wildman–Crippen MR) is 108 cm³/mol. The molecule has 28 heavy (non-hydrogen) atoms. The van der Waals surface area contributed by atoms with E-state index in [2.05, 4.69) is 36.1 Å². The van der Waals surface area contributed by atoms with E-state index in [1.807, 2.05) is 6.07 Å². The topological polar surface area (TPSA) is 89.3 Å². The Bertz CT molecular complexity index is 1070. The molecule has 2 aromatic heterocycles. The first kappa shape index (κ1) is 18.9. The SMILES string of the molecule is COC(=O)Nc1ccc(-n2cc(C3(O)CCc4cc(Br)cnc43)cn2)c(Cl)c1. The lowest BCUT2D eigenvalue weighted by molar-refractivity contribution is 0.0787. The van der Waals surface area contributed by atoms with Gasteiger partial charge < -0.3 is 9.84 Å². The normalized spacial score (nSPS) is 18.0. The maximum Gasteiger partial charge on any atom is 0.411 e. The molecule has 0 saturated heterocycles. The van der Waals surface area contributed by atoms with Crippen molar-refractivity contribution in [3.8, 4) is 5.69 Å². The molecule has 1 aliphatic carbocycles. The van der Waals surface area contributed by atoms with Crippen molar-refractivity contribution in [2.24, 2.45) is 0 Å². The molecule has 144 valence electrons. The number of benzene rings is 1. The van der Waals surface area contributed by atoms with Gasteiger partial charge in [-0.1, -0.05) is 11.6 Å². The smallest absolute Gasteiger partial charge is 0.411 e. The number of nitrogens with zero attached hydrogens (tertiary/aromatic N) is 3. The zero-order chi connectivity index (χ0) is 19.9. The molecule has 2 N–H and O–H groups in total. The third-order valence-corrected chi connectivity index (χ3v) is 5.50. The summed E-state index contributed by atoms with van der Waals surface area (Å²) in [6, 6.07) is 7.01. The van der Waals surface area contributed by atoms with Crippen LogP contribution in [0.5, 0.6) is 0 Å². The summed E-state index contributed by atoms with van der Waals surface area (Å²) in [7, 11) is 1.29. The fourth-order valence-electron chi connectivity index (χ4n) is 3.37. The lowest BCUT2D eigenvalue weighted by Gasteiger charge is -2.21. The van der Waals surface area contributed by atoms with Gasteiger partial charge in [0.2, 0.25) is 0 Å². The van der Waals surface area contributed by atoms with Gasteiger partial charge in [-0.25, -0.2) is 9.48 Å². The van der Waals surface area contributed by atoms with Gasteiger partial charge in [0.25, 0.3) is 0 Å². The van der Waals surface area contributed by atoms with Crippen LogP contribution in [0.3, 0.4) is 0 Å². The number of amides is 1. The van der Waals surface area contributed by atoms with Gasteiger partial charge in [0.05, 0.1) is 29.7 Å². The van der Waals surface area contributed by atoms with Gasteiger partial charge in [-0.05, 0) is 58.6 Å². The maximum absolute atomic E-state index is 11.3. The molecule has 1 aliphatic rings. The predicted octanol–water partition coefficient (Wildman–Crippen LogP) is 4.04. The molecule has 7 nitrogen and oxygen atoms in total. The fourth-order valence-corrected chi connectivity index (χ4v) is 4.01. The van der Waals surface area contributed by atoms with Crippen molar-refractivity contribution in [1.29, 1.82) is 0 Å². The first-order valence-corrected chi connectivity index (χ1v) is 9.65. The van der Waals surface area contributed by atoms with E-state index in [1.54, 1.807) is 41.5 Å². The number of fused-ring (bicyclic) bond motifs is 1. The minimum atomic E-state index is -1.19. The molecule has 0 radical (unpaired) electrons. The molecular weight excluding hydrogens is 448 g/mol. The van der Waals surface area contributed by atoms with E-state index in [1.165, 1.54) is 7.11 Å². The third kappa shape index (κ3) is 3.28. The van der Waals surface area contributed by atoms with Crippen LogP contribution in [0.4, 0.5) is 10.5 Å². The summed E-state index contributed by atoms with van der Waals surface area (Å²) in [5.41, 5.74) is 2.25. The van der Waals surface area contributed by atoms with E-state index >= 15 is 0 Å². The number of carbonyl (C=O) groups is 1. The lowest BCUT2D eigenvalue weighted by Crippen LogP contribution is -2.24. The molecule has 9 heteroatoms. The minimum absolute atomic E-state index is 0.393. The standard InChI is InChI=1S/C19H16BrClN4O3/c1-28-18(26)24-14-2-3-16(15(21)7-14)25-10-12(8-23-25)19(27)5-4-11-6-13(20)9-22-17(11)19/h2-3,6-10,27H,4-5H2,1H3,(H,24,26). The highest BCUT2D eigenvalue weighted by molar-refractivity contribution is 9.10. The number of halogens is 2. The molecule has 0 bridgehead atoms. The number of hydrogen-bond donors (Lipinski definition) is 2. The van der Waals surface area contributed by atoms with Gasteiger partial charge in [0.15, 0.2) is 0 Å². The number of pyridine rings is 1. The van der Waals surface area contributed by atoms with Gasteiger partial charge in [-0.2, -0.15) is 5.10 Å². The largest absolute Gasteiger partial charge is 0.453 e. The van der Waals surface area contributed by atoms with Crippen LogP contribution in [-0.2, 0) is 16.8 Å². The van der Waals surface area contributed by atoms with Crippen LogP contribution >= 0.6 is 27.5 Å². The number of nitrogens with one attached hydrogen (secondary N) is 1. The van der Waals surface area contributed by atoms with Gasteiger partial charge in [0, 0.05) is 28.1 Å². The Morgan fingerprint density at radius 1 is 1.39 bits per heavy atom. The second kappa shape index (κ2) is 7.20. The minimum Gasteiger partial charge on any atom is -0.453 e. The zero-order valence-electron chi connectivity index (χ0n) is 14.8. The Balaban J connectivity index is 1.65. The highest BCUT2D eigenvalue weighted by Crippen LogP contribution is 2.41. The third-order valence-electron chi connectivity index (χ3n) is 4.77. The molecule has 0 fully saturated rings. The molecule has 2 heterocycles. The number of aliphatic hydroxyl groups is 1. The summed E-state index contributed by atoms with van der Waals surface area (Å²) in [5.74, 6) is 0. The van der Waals surface area contributed by atoms with Crippen molar-refractivity contribution >= 4 is 39.3 Å². The van der Waals surface area contributed by atoms with E-state index in [4.69, 9.17) is 11.6 Å². The van der Waals surface area contributed by atoms with E-state index in [0.29, 0.717) is 34.1 Å². The highest BCUT2D eigenvalue weighted by atomic mass is 79.9. The average Bonchev–Trinajstić information content (AvgIpc) is 3.28. The number of anilines is 1. The first-order valence-electron chi connectivity index (χ1n) is 8.48. The Kier molecular flexibility index (Phi) is 4.86. The number of rotatable bonds is 3. The van der Waals surface area contributed by atoms with Crippen LogP contribution in [0, 0.1) is 0 Å². The van der Waals surface area contributed by atoms with Gasteiger partial charge in [0.1, 0.15) is 5.60 Å². The molecule has 0 spiro atoms. The van der Waals surface area contributed by atoms with Crippen LogP contribution < -0.4 is 5.32 Å². The molecular formula is C19H16BrClN4O3. The quantitative estimate of drug-likeness (QED) is 0.612.